The fourth-order valence-electron chi connectivity index (χ4n) is 4.04. The molecule has 2 aliphatic rings. The van der Waals surface area contributed by atoms with Crippen LogP contribution in [0.1, 0.15) is 18.4 Å². The zero-order chi connectivity index (χ0) is 19.8. The van der Waals surface area contributed by atoms with Crippen LogP contribution in [0.25, 0.3) is 0 Å². The van der Waals surface area contributed by atoms with Crippen molar-refractivity contribution >= 4 is 21.4 Å². The summed E-state index contributed by atoms with van der Waals surface area (Å²) in [5.41, 5.74) is 13.2. The highest BCUT2D eigenvalue weighted by molar-refractivity contribution is 7.89. The molecule has 0 saturated carbocycles. The lowest BCUT2D eigenvalue weighted by molar-refractivity contribution is -0.0917. The van der Waals surface area contributed by atoms with Crippen LogP contribution in [0.5, 0.6) is 0 Å². The fourth-order valence-corrected chi connectivity index (χ4v) is 5.76. The molecule has 1 spiro atoms. The lowest BCUT2D eigenvalue weighted by Gasteiger charge is -2.42. The van der Waals surface area contributed by atoms with E-state index in [-0.39, 0.29) is 4.90 Å². The number of nitrogens with two attached hydrogens (primary N) is 2. The van der Waals surface area contributed by atoms with Crippen molar-refractivity contribution in [1.29, 1.82) is 0 Å². The molecular weight excluding hydrogens is 376 g/mol. The van der Waals surface area contributed by atoms with Gasteiger partial charge in [-0.3, -0.25) is 4.90 Å². The van der Waals surface area contributed by atoms with Gasteiger partial charge in [-0.15, -0.1) is 0 Å². The molecule has 4 rings (SSSR count). The Morgan fingerprint density at radius 1 is 0.893 bits per heavy atom. The van der Waals surface area contributed by atoms with Gasteiger partial charge in [0.1, 0.15) is 5.72 Å². The smallest absolute Gasteiger partial charge is 0.245 e. The number of piperidine rings is 1. The molecule has 150 valence electrons. The maximum Gasteiger partial charge on any atom is 0.245 e. The molecule has 2 fully saturated rings. The standard InChI is InChI=1S/C20H26N4O3S/c21-17-3-1-16(2-4-17)15-23-11-9-20(10-12-23)24(13-14-27-20)28(25,26)19-7-5-18(22)6-8-19/h1-8H,9-15,21-22H2. The van der Waals surface area contributed by atoms with Crippen molar-refractivity contribution in [2.75, 3.05) is 37.7 Å². The van der Waals surface area contributed by atoms with Crippen LogP contribution in [0, 0.1) is 0 Å². The van der Waals surface area contributed by atoms with Crippen molar-refractivity contribution in [1.82, 2.24) is 9.21 Å². The second-order valence-electron chi connectivity index (χ2n) is 7.46. The third kappa shape index (κ3) is 3.60. The molecule has 2 aliphatic heterocycles. The Kier molecular flexibility index (Phi) is 5.05. The van der Waals surface area contributed by atoms with E-state index in [2.05, 4.69) is 4.90 Å². The van der Waals surface area contributed by atoms with Crippen LogP contribution in [0.2, 0.25) is 0 Å². The third-order valence-electron chi connectivity index (χ3n) is 5.61. The Bertz CT molecular complexity index is 921. The molecule has 2 saturated heterocycles. The molecular formula is C20H26N4O3S. The summed E-state index contributed by atoms with van der Waals surface area (Å²) in [5, 5.41) is 0. The SMILES string of the molecule is Nc1ccc(CN2CCC3(CC2)OCCN3S(=O)(=O)c2ccc(N)cc2)cc1. The summed E-state index contributed by atoms with van der Waals surface area (Å²) >= 11 is 0. The van der Waals surface area contributed by atoms with E-state index >= 15 is 0 Å². The third-order valence-corrected chi connectivity index (χ3v) is 7.57. The van der Waals surface area contributed by atoms with E-state index in [0.717, 1.165) is 25.3 Å². The van der Waals surface area contributed by atoms with Crippen LogP contribution < -0.4 is 11.5 Å². The minimum Gasteiger partial charge on any atom is -0.399 e. The lowest BCUT2D eigenvalue weighted by Crippen LogP contribution is -2.54. The molecule has 0 aliphatic carbocycles. The van der Waals surface area contributed by atoms with Crippen molar-refractivity contribution in [3.05, 3.63) is 54.1 Å². The maximum absolute atomic E-state index is 13.2. The number of hydrogen-bond acceptors (Lipinski definition) is 6. The maximum atomic E-state index is 13.2. The van der Waals surface area contributed by atoms with Gasteiger partial charge in [0, 0.05) is 50.4 Å². The first-order chi connectivity index (χ1) is 13.4. The normalized spacial score (nSPS) is 20.6. The van der Waals surface area contributed by atoms with Crippen LogP contribution in [-0.4, -0.2) is 49.6 Å². The summed E-state index contributed by atoms with van der Waals surface area (Å²) < 4.78 is 34.0. The van der Waals surface area contributed by atoms with Crippen LogP contribution in [0.3, 0.4) is 0 Å². The minimum atomic E-state index is -3.62. The molecule has 8 heteroatoms. The Labute approximate surface area is 165 Å². The molecule has 7 nitrogen and oxygen atoms in total. The van der Waals surface area contributed by atoms with Gasteiger partial charge < -0.3 is 16.2 Å². The summed E-state index contributed by atoms with van der Waals surface area (Å²) in [5.74, 6) is 0. The number of hydrogen-bond donors (Lipinski definition) is 2. The van der Waals surface area contributed by atoms with E-state index in [1.807, 2.05) is 24.3 Å². The van der Waals surface area contributed by atoms with E-state index in [4.69, 9.17) is 16.2 Å². The van der Waals surface area contributed by atoms with Crippen molar-refractivity contribution < 1.29 is 13.2 Å². The predicted octanol–water partition coefficient (Wildman–Crippen LogP) is 1.86. The van der Waals surface area contributed by atoms with Gasteiger partial charge in [0.05, 0.1) is 11.5 Å². The van der Waals surface area contributed by atoms with E-state index in [0.29, 0.717) is 31.7 Å². The zero-order valence-corrected chi connectivity index (χ0v) is 16.6. The monoisotopic (exact) mass is 402 g/mol. The highest BCUT2D eigenvalue weighted by Gasteiger charge is 2.50. The topological polar surface area (TPSA) is 102 Å². The van der Waals surface area contributed by atoms with Crippen molar-refractivity contribution in [2.24, 2.45) is 0 Å². The second kappa shape index (κ2) is 7.36. The van der Waals surface area contributed by atoms with Gasteiger partial charge in [-0.2, -0.15) is 4.31 Å². The molecule has 0 unspecified atom stereocenters. The molecule has 2 aromatic carbocycles. The van der Waals surface area contributed by atoms with Gasteiger partial charge in [0.25, 0.3) is 0 Å². The number of nitrogens with zero attached hydrogens (tertiary/aromatic N) is 2. The van der Waals surface area contributed by atoms with Crippen LogP contribution >= 0.6 is 0 Å². The fraction of sp³-hybridized carbons (Fsp3) is 0.400. The predicted molar refractivity (Wildman–Crippen MR) is 109 cm³/mol. The van der Waals surface area contributed by atoms with E-state index in [9.17, 15) is 8.42 Å². The van der Waals surface area contributed by atoms with Crippen LogP contribution in [-0.2, 0) is 21.3 Å². The Morgan fingerprint density at radius 3 is 2.07 bits per heavy atom. The highest BCUT2D eigenvalue weighted by atomic mass is 32.2. The average Bonchev–Trinajstić information content (AvgIpc) is 3.10. The van der Waals surface area contributed by atoms with Gasteiger partial charge in [0.15, 0.2) is 0 Å². The number of anilines is 2. The van der Waals surface area contributed by atoms with Crippen molar-refractivity contribution in [3.63, 3.8) is 0 Å². The number of ether oxygens (including phenoxy) is 1. The highest BCUT2D eigenvalue weighted by Crippen LogP contribution is 2.38. The summed E-state index contributed by atoms with van der Waals surface area (Å²) in [6, 6.07) is 14.2. The minimum absolute atomic E-state index is 0.260. The van der Waals surface area contributed by atoms with Crippen molar-refractivity contribution in [2.45, 2.75) is 30.0 Å². The van der Waals surface area contributed by atoms with E-state index < -0.39 is 15.7 Å². The molecule has 0 amide bonds. The number of nitrogen functional groups attached to an aromatic ring is 2. The number of rotatable bonds is 4. The first-order valence-corrected chi connectivity index (χ1v) is 10.9. The number of benzene rings is 2. The molecule has 0 aromatic heterocycles. The van der Waals surface area contributed by atoms with Gasteiger partial charge in [0.2, 0.25) is 10.0 Å². The largest absolute Gasteiger partial charge is 0.399 e. The molecule has 2 aromatic rings. The summed E-state index contributed by atoms with van der Waals surface area (Å²) in [6.45, 7) is 3.17. The summed E-state index contributed by atoms with van der Waals surface area (Å²) in [4.78, 5) is 2.59. The first kappa shape index (κ1) is 19.2. The van der Waals surface area contributed by atoms with Crippen LogP contribution in [0.15, 0.2) is 53.4 Å². The van der Waals surface area contributed by atoms with Gasteiger partial charge in [-0.1, -0.05) is 12.1 Å². The van der Waals surface area contributed by atoms with Gasteiger partial charge >= 0.3 is 0 Å². The second-order valence-corrected chi connectivity index (χ2v) is 9.32. The van der Waals surface area contributed by atoms with Gasteiger partial charge in [-0.25, -0.2) is 8.42 Å². The summed E-state index contributed by atoms with van der Waals surface area (Å²) in [6.07, 6.45) is 1.30. The molecule has 0 bridgehead atoms. The Hall–Kier alpha value is -2.13. The van der Waals surface area contributed by atoms with Crippen LogP contribution in [0.4, 0.5) is 11.4 Å². The van der Waals surface area contributed by atoms with E-state index in [1.54, 1.807) is 28.6 Å². The van der Waals surface area contributed by atoms with E-state index in [1.165, 1.54) is 5.56 Å². The molecule has 0 radical (unpaired) electrons. The Balaban J connectivity index is 1.47. The molecule has 2 heterocycles. The lowest BCUT2D eigenvalue weighted by atomic mass is 10.00. The molecule has 4 N–H and O–H groups in total. The quantitative estimate of drug-likeness (QED) is 0.757. The first-order valence-electron chi connectivity index (χ1n) is 9.48. The molecule has 0 atom stereocenters. The zero-order valence-electron chi connectivity index (χ0n) is 15.8. The molecule has 28 heavy (non-hydrogen) atoms. The number of sulfonamides is 1. The van der Waals surface area contributed by atoms with Crippen molar-refractivity contribution in [3.8, 4) is 0 Å². The summed E-state index contributed by atoms with van der Waals surface area (Å²) in [7, 11) is -3.62. The van der Waals surface area contributed by atoms with Gasteiger partial charge in [-0.05, 0) is 42.0 Å². The number of likely N-dealkylation sites (tertiary alicyclic amines) is 1. The Morgan fingerprint density at radius 2 is 1.46 bits per heavy atom. The average molecular weight is 403 g/mol.